The van der Waals surface area contributed by atoms with Crippen LogP contribution < -0.4 is 0 Å². The summed E-state index contributed by atoms with van der Waals surface area (Å²) in [6.07, 6.45) is 5.64. The zero-order valence-corrected chi connectivity index (χ0v) is 13.4. The van der Waals surface area contributed by atoms with E-state index in [1.165, 1.54) is 12.5 Å². The number of allylic oxidation sites excluding steroid dienone is 1. The Morgan fingerprint density at radius 2 is 1.67 bits per heavy atom. The summed E-state index contributed by atoms with van der Waals surface area (Å²) in [5.41, 5.74) is 0.804. The number of piperidine rings is 1. The van der Waals surface area contributed by atoms with Gasteiger partial charge in [-0.25, -0.2) is 0 Å². The van der Waals surface area contributed by atoms with Crippen molar-refractivity contribution in [3.63, 3.8) is 0 Å². The molecule has 0 radical (unpaired) electrons. The van der Waals surface area contributed by atoms with Crippen LogP contribution in [0.3, 0.4) is 0 Å². The zero-order chi connectivity index (χ0) is 15.5. The Hall–Kier alpha value is -1.61. The second-order valence-electron chi connectivity index (χ2n) is 6.90. The molecule has 0 amide bonds. The normalized spacial score (nSPS) is 21.8. The van der Waals surface area contributed by atoms with E-state index in [1.54, 1.807) is 0 Å². The molecule has 1 aromatic carbocycles. The van der Waals surface area contributed by atoms with E-state index in [2.05, 4.69) is 32.8 Å². The number of hydrogen-bond acceptors (Lipinski definition) is 3. The molecule has 0 bridgehead atoms. The van der Waals surface area contributed by atoms with Crippen LogP contribution in [0.5, 0.6) is 0 Å². The number of carbonyl (C=O) groups is 1. The van der Waals surface area contributed by atoms with Gasteiger partial charge < -0.3 is 4.84 Å². The van der Waals surface area contributed by atoms with Gasteiger partial charge in [-0.05, 0) is 47.0 Å². The smallest absolute Gasteiger partial charge is 0.157 e. The third kappa shape index (κ3) is 3.53. The summed E-state index contributed by atoms with van der Waals surface area (Å²) in [6, 6.07) is 9.77. The molecule has 1 aliphatic heterocycles. The molecule has 21 heavy (non-hydrogen) atoms. The lowest BCUT2D eigenvalue weighted by Gasteiger charge is -2.51. The summed E-state index contributed by atoms with van der Waals surface area (Å²) in [6.45, 7) is 8.77. The third-order valence-electron chi connectivity index (χ3n) is 4.14. The second-order valence-corrected chi connectivity index (χ2v) is 6.90. The monoisotopic (exact) mass is 287 g/mol. The summed E-state index contributed by atoms with van der Waals surface area (Å²) in [7, 11) is 0. The highest BCUT2D eigenvalue weighted by Gasteiger charge is 2.43. The highest BCUT2D eigenvalue weighted by Crippen LogP contribution is 2.40. The first-order chi connectivity index (χ1) is 9.87. The molecule has 0 aliphatic carbocycles. The molecular weight excluding hydrogens is 262 g/mol. The molecule has 1 aliphatic rings. The Bertz CT molecular complexity index is 501. The van der Waals surface area contributed by atoms with Crippen LogP contribution in [0.15, 0.2) is 36.4 Å². The highest BCUT2D eigenvalue weighted by molar-refractivity contribution is 5.78. The first-order valence-corrected chi connectivity index (χ1v) is 7.56. The summed E-state index contributed by atoms with van der Waals surface area (Å²) in [5.74, 6) is 0.605. The zero-order valence-electron chi connectivity index (χ0n) is 13.4. The molecule has 3 nitrogen and oxygen atoms in total. The van der Waals surface area contributed by atoms with E-state index in [4.69, 9.17) is 4.84 Å². The molecule has 114 valence electrons. The van der Waals surface area contributed by atoms with Crippen LogP contribution in [0.1, 0.15) is 52.5 Å². The highest BCUT2D eigenvalue weighted by atomic mass is 16.7. The van der Waals surface area contributed by atoms with Gasteiger partial charge in [0.05, 0.1) is 11.1 Å². The largest absolute Gasteiger partial charge is 0.404 e. The van der Waals surface area contributed by atoms with Crippen LogP contribution in [0.4, 0.5) is 0 Å². The van der Waals surface area contributed by atoms with E-state index >= 15 is 0 Å². The fraction of sp³-hybridized carbons (Fsp3) is 0.500. The molecule has 1 aromatic rings. The number of hydroxylamine groups is 2. The fourth-order valence-corrected chi connectivity index (χ4v) is 3.17. The lowest BCUT2D eigenvalue weighted by molar-refractivity contribution is -0.236. The molecule has 0 aromatic heterocycles. The predicted molar refractivity (Wildman–Crippen MR) is 85.4 cm³/mol. The second kappa shape index (κ2) is 6.02. The van der Waals surface area contributed by atoms with Gasteiger partial charge in [0.2, 0.25) is 0 Å². The van der Waals surface area contributed by atoms with Gasteiger partial charge in [0.25, 0.3) is 0 Å². The van der Waals surface area contributed by atoms with Crippen molar-refractivity contribution in [3.05, 3.63) is 42.0 Å². The van der Waals surface area contributed by atoms with Crippen molar-refractivity contribution in [2.24, 2.45) is 0 Å². The topological polar surface area (TPSA) is 29.5 Å². The molecule has 1 saturated heterocycles. The maximum absolute atomic E-state index is 11.0. The summed E-state index contributed by atoms with van der Waals surface area (Å²) in [4.78, 5) is 17.2. The minimum Gasteiger partial charge on any atom is -0.404 e. The van der Waals surface area contributed by atoms with Crippen molar-refractivity contribution in [1.29, 1.82) is 0 Å². The minimum atomic E-state index is -0.0570. The predicted octanol–water partition coefficient (Wildman–Crippen LogP) is 4.20. The summed E-state index contributed by atoms with van der Waals surface area (Å²) < 4.78 is 0. The average molecular weight is 287 g/mol. The number of carbonyl (C=O) groups excluding carboxylic acids is 1. The first-order valence-electron chi connectivity index (χ1n) is 7.56. The van der Waals surface area contributed by atoms with Crippen molar-refractivity contribution < 1.29 is 9.63 Å². The van der Waals surface area contributed by atoms with Gasteiger partial charge in [-0.1, -0.05) is 30.3 Å². The van der Waals surface area contributed by atoms with Crippen molar-refractivity contribution in [3.8, 4) is 0 Å². The third-order valence-corrected chi connectivity index (χ3v) is 4.14. The van der Waals surface area contributed by atoms with Crippen molar-refractivity contribution in [2.75, 3.05) is 0 Å². The molecule has 0 spiro atoms. The summed E-state index contributed by atoms with van der Waals surface area (Å²) >= 11 is 0. The van der Waals surface area contributed by atoms with Crippen molar-refractivity contribution in [2.45, 2.75) is 58.0 Å². The SMILES string of the molecule is CC1(C)CCCC(C)(C)N1O/C(=C/C=O)c1ccccc1. The molecule has 3 heteroatoms. The Morgan fingerprint density at radius 3 is 2.19 bits per heavy atom. The van der Waals surface area contributed by atoms with Crippen LogP contribution in [-0.4, -0.2) is 22.4 Å². The van der Waals surface area contributed by atoms with E-state index in [1.807, 2.05) is 30.3 Å². The van der Waals surface area contributed by atoms with Crippen molar-refractivity contribution in [1.82, 2.24) is 5.06 Å². The van der Waals surface area contributed by atoms with Gasteiger partial charge in [-0.2, -0.15) is 0 Å². The first kappa shape index (κ1) is 15.8. The Balaban J connectivity index is 2.31. The lowest BCUT2D eigenvalue weighted by atomic mass is 9.82. The minimum absolute atomic E-state index is 0.0570. The van der Waals surface area contributed by atoms with Crippen LogP contribution >= 0.6 is 0 Å². The van der Waals surface area contributed by atoms with Crippen LogP contribution in [0.2, 0.25) is 0 Å². The molecule has 0 atom stereocenters. The van der Waals surface area contributed by atoms with Crippen molar-refractivity contribution >= 4 is 12.0 Å². The quantitative estimate of drug-likeness (QED) is 0.472. The molecule has 1 fully saturated rings. The number of nitrogens with zero attached hydrogens (tertiary/aromatic N) is 1. The molecule has 1 heterocycles. The maximum atomic E-state index is 11.0. The summed E-state index contributed by atoms with van der Waals surface area (Å²) in [5, 5.41) is 2.06. The van der Waals surface area contributed by atoms with Gasteiger partial charge in [0.1, 0.15) is 6.29 Å². The number of benzene rings is 1. The standard InChI is InChI=1S/C18H25NO2/c1-17(2)12-8-13-18(3,4)19(17)21-16(11-14-20)15-9-6-5-7-10-15/h5-7,9-11,14H,8,12-13H2,1-4H3/b16-11+. The van der Waals surface area contributed by atoms with E-state index in [-0.39, 0.29) is 11.1 Å². The maximum Gasteiger partial charge on any atom is 0.157 e. The Kier molecular flexibility index (Phi) is 4.52. The average Bonchev–Trinajstić information content (AvgIpc) is 2.42. The number of hydrogen-bond donors (Lipinski definition) is 0. The van der Waals surface area contributed by atoms with E-state index in [9.17, 15) is 4.79 Å². The lowest BCUT2D eigenvalue weighted by Crippen LogP contribution is -2.57. The fourth-order valence-electron chi connectivity index (χ4n) is 3.17. The molecule has 0 N–H and O–H groups in total. The number of rotatable bonds is 4. The Morgan fingerprint density at radius 1 is 1.10 bits per heavy atom. The van der Waals surface area contributed by atoms with Gasteiger partial charge in [-0.3, -0.25) is 4.79 Å². The molecular formula is C18H25NO2. The molecule has 2 rings (SSSR count). The van der Waals surface area contributed by atoms with Crippen LogP contribution in [0, 0.1) is 0 Å². The van der Waals surface area contributed by atoms with Gasteiger partial charge in [0.15, 0.2) is 5.76 Å². The van der Waals surface area contributed by atoms with Gasteiger partial charge in [-0.15, -0.1) is 5.06 Å². The van der Waals surface area contributed by atoms with E-state index < -0.39 is 0 Å². The van der Waals surface area contributed by atoms with Crippen LogP contribution in [-0.2, 0) is 9.63 Å². The Labute approximate surface area is 127 Å². The number of aldehydes is 1. The molecule has 0 saturated carbocycles. The molecule has 0 unspecified atom stereocenters. The van der Waals surface area contributed by atoms with Gasteiger partial charge in [0, 0.05) is 11.6 Å². The van der Waals surface area contributed by atoms with Crippen LogP contribution in [0.25, 0.3) is 5.76 Å². The van der Waals surface area contributed by atoms with Gasteiger partial charge >= 0.3 is 0 Å². The van der Waals surface area contributed by atoms with E-state index in [0.29, 0.717) is 5.76 Å². The van der Waals surface area contributed by atoms with E-state index in [0.717, 1.165) is 24.7 Å².